The Kier molecular flexibility index (Phi) is 7.45. The first-order valence-corrected chi connectivity index (χ1v) is 6.04. The van der Waals surface area contributed by atoms with Gasteiger partial charge in [0.2, 0.25) is 0 Å². The fourth-order valence-corrected chi connectivity index (χ4v) is 1.76. The minimum Gasteiger partial charge on any atom is -0.469 e. The Morgan fingerprint density at radius 1 is 1.07 bits per heavy atom. The van der Waals surface area contributed by atoms with Crippen molar-refractivity contribution < 1.29 is 9.53 Å². The third-order valence-corrected chi connectivity index (χ3v) is 3.00. The van der Waals surface area contributed by atoms with Gasteiger partial charge in [-0.05, 0) is 30.6 Å². The van der Waals surface area contributed by atoms with E-state index in [1.807, 2.05) is 0 Å². The van der Waals surface area contributed by atoms with Crippen LogP contribution in [0.5, 0.6) is 0 Å². The summed E-state index contributed by atoms with van der Waals surface area (Å²) in [6, 6.07) is 0. The van der Waals surface area contributed by atoms with Gasteiger partial charge >= 0.3 is 5.97 Å². The molecular weight excluding hydrogens is 188 g/mol. The quantitative estimate of drug-likeness (QED) is 0.605. The van der Waals surface area contributed by atoms with Gasteiger partial charge in [0.1, 0.15) is 0 Å². The van der Waals surface area contributed by atoms with Gasteiger partial charge in [0, 0.05) is 6.42 Å². The molecule has 90 valence electrons. The van der Waals surface area contributed by atoms with E-state index in [0.717, 1.165) is 12.3 Å². The van der Waals surface area contributed by atoms with Crippen LogP contribution < -0.4 is 0 Å². The molecule has 15 heavy (non-hydrogen) atoms. The summed E-state index contributed by atoms with van der Waals surface area (Å²) >= 11 is 0. The Balaban J connectivity index is 3.88. The number of ether oxygens (including phenoxy) is 1. The lowest BCUT2D eigenvalue weighted by Gasteiger charge is -2.21. The van der Waals surface area contributed by atoms with Crippen LogP contribution in [0.2, 0.25) is 0 Å². The summed E-state index contributed by atoms with van der Waals surface area (Å²) in [5.41, 5.74) is 0. The zero-order valence-corrected chi connectivity index (χ0v) is 10.9. The minimum absolute atomic E-state index is 0.0785. The van der Waals surface area contributed by atoms with E-state index < -0.39 is 0 Å². The van der Waals surface area contributed by atoms with E-state index in [9.17, 15) is 4.79 Å². The van der Waals surface area contributed by atoms with Crippen LogP contribution in [0.4, 0.5) is 0 Å². The maximum Gasteiger partial charge on any atom is 0.305 e. The molecule has 1 unspecified atom stereocenters. The summed E-state index contributed by atoms with van der Waals surface area (Å²) in [5.74, 6) is 1.99. The smallest absolute Gasteiger partial charge is 0.305 e. The molecule has 2 heteroatoms. The van der Waals surface area contributed by atoms with Crippen molar-refractivity contribution in [3.63, 3.8) is 0 Å². The summed E-state index contributed by atoms with van der Waals surface area (Å²) in [6.45, 7) is 8.97. The largest absolute Gasteiger partial charge is 0.469 e. The predicted octanol–water partition coefficient (Wildman–Crippen LogP) is 3.65. The SMILES string of the molecule is COC(=O)CCC(CCC(C)C)C(C)C. The van der Waals surface area contributed by atoms with Gasteiger partial charge in [-0.15, -0.1) is 0 Å². The highest BCUT2D eigenvalue weighted by atomic mass is 16.5. The van der Waals surface area contributed by atoms with Crippen LogP contribution in [0.1, 0.15) is 53.4 Å². The molecule has 0 saturated heterocycles. The molecular formula is C13H26O2. The Hall–Kier alpha value is -0.530. The Bertz CT molecular complexity index is 173. The van der Waals surface area contributed by atoms with Gasteiger partial charge in [0.05, 0.1) is 7.11 Å². The third-order valence-electron chi connectivity index (χ3n) is 3.00. The van der Waals surface area contributed by atoms with Gasteiger partial charge in [0.15, 0.2) is 0 Å². The average molecular weight is 214 g/mol. The van der Waals surface area contributed by atoms with E-state index in [2.05, 4.69) is 32.4 Å². The number of methoxy groups -OCH3 is 1. The number of esters is 1. The fourth-order valence-electron chi connectivity index (χ4n) is 1.76. The van der Waals surface area contributed by atoms with E-state index in [0.29, 0.717) is 18.3 Å². The number of rotatable bonds is 7. The van der Waals surface area contributed by atoms with Crippen molar-refractivity contribution in [2.45, 2.75) is 53.4 Å². The van der Waals surface area contributed by atoms with Crippen LogP contribution in [0.15, 0.2) is 0 Å². The van der Waals surface area contributed by atoms with Crippen molar-refractivity contribution in [3.8, 4) is 0 Å². The maximum absolute atomic E-state index is 11.1. The molecule has 0 aromatic rings. The molecule has 0 N–H and O–H groups in total. The van der Waals surface area contributed by atoms with Gasteiger partial charge < -0.3 is 4.74 Å². The first-order valence-electron chi connectivity index (χ1n) is 6.04. The molecule has 0 amide bonds. The van der Waals surface area contributed by atoms with Crippen molar-refractivity contribution in [1.82, 2.24) is 0 Å². The van der Waals surface area contributed by atoms with E-state index in [1.54, 1.807) is 0 Å². The third kappa shape index (κ3) is 7.40. The summed E-state index contributed by atoms with van der Waals surface area (Å²) < 4.78 is 4.67. The molecule has 0 bridgehead atoms. The first kappa shape index (κ1) is 14.5. The molecule has 0 aliphatic carbocycles. The summed E-state index contributed by atoms with van der Waals surface area (Å²) in [4.78, 5) is 11.1. The standard InChI is InChI=1S/C13H26O2/c1-10(2)6-7-12(11(3)4)8-9-13(14)15-5/h10-12H,6-9H2,1-5H3. The molecule has 0 aliphatic rings. The normalized spacial score (nSPS) is 13.3. The lowest BCUT2D eigenvalue weighted by molar-refractivity contribution is -0.141. The van der Waals surface area contributed by atoms with E-state index in [1.165, 1.54) is 20.0 Å². The molecule has 0 aliphatic heterocycles. The van der Waals surface area contributed by atoms with Crippen LogP contribution in [-0.4, -0.2) is 13.1 Å². The highest BCUT2D eigenvalue weighted by Gasteiger charge is 2.15. The zero-order valence-electron chi connectivity index (χ0n) is 10.9. The second-order valence-corrected chi connectivity index (χ2v) is 5.09. The van der Waals surface area contributed by atoms with Crippen LogP contribution in [0.25, 0.3) is 0 Å². The lowest BCUT2D eigenvalue weighted by Crippen LogP contribution is -2.12. The number of hydrogen-bond donors (Lipinski definition) is 0. The van der Waals surface area contributed by atoms with Gasteiger partial charge in [-0.2, -0.15) is 0 Å². The minimum atomic E-state index is -0.0785. The van der Waals surface area contributed by atoms with Crippen molar-refractivity contribution in [2.75, 3.05) is 7.11 Å². The molecule has 0 rings (SSSR count). The Morgan fingerprint density at radius 3 is 2.07 bits per heavy atom. The van der Waals surface area contributed by atoms with E-state index >= 15 is 0 Å². The topological polar surface area (TPSA) is 26.3 Å². The second kappa shape index (κ2) is 7.72. The predicted molar refractivity (Wildman–Crippen MR) is 63.7 cm³/mol. The van der Waals surface area contributed by atoms with Crippen LogP contribution in [0, 0.1) is 17.8 Å². The van der Waals surface area contributed by atoms with Gasteiger partial charge in [0.25, 0.3) is 0 Å². The van der Waals surface area contributed by atoms with Crippen molar-refractivity contribution >= 4 is 5.97 Å². The Morgan fingerprint density at radius 2 is 1.67 bits per heavy atom. The van der Waals surface area contributed by atoms with E-state index in [-0.39, 0.29) is 5.97 Å². The molecule has 1 atom stereocenters. The average Bonchev–Trinajstić information content (AvgIpc) is 2.16. The van der Waals surface area contributed by atoms with Gasteiger partial charge in [-0.1, -0.05) is 34.1 Å². The molecule has 0 aromatic carbocycles. The summed E-state index contributed by atoms with van der Waals surface area (Å²) in [5, 5.41) is 0. The molecule has 0 heterocycles. The van der Waals surface area contributed by atoms with Crippen LogP contribution in [-0.2, 0) is 9.53 Å². The Labute approximate surface area is 94.4 Å². The molecule has 0 spiro atoms. The van der Waals surface area contributed by atoms with E-state index in [4.69, 9.17) is 0 Å². The number of hydrogen-bond acceptors (Lipinski definition) is 2. The summed E-state index contributed by atoms with van der Waals surface area (Å²) in [6.07, 6.45) is 4.02. The molecule has 0 radical (unpaired) electrons. The first-order chi connectivity index (χ1) is 6.97. The molecule has 0 aromatic heterocycles. The van der Waals surface area contributed by atoms with Crippen LogP contribution in [0.3, 0.4) is 0 Å². The van der Waals surface area contributed by atoms with Crippen molar-refractivity contribution in [1.29, 1.82) is 0 Å². The van der Waals surface area contributed by atoms with Crippen molar-refractivity contribution in [2.24, 2.45) is 17.8 Å². The second-order valence-electron chi connectivity index (χ2n) is 5.09. The molecule has 0 fully saturated rings. The van der Waals surface area contributed by atoms with Crippen LogP contribution >= 0.6 is 0 Å². The number of carbonyl (C=O) groups excluding carboxylic acids is 1. The summed E-state index contributed by atoms with van der Waals surface area (Å²) in [7, 11) is 1.46. The molecule has 2 nitrogen and oxygen atoms in total. The monoisotopic (exact) mass is 214 g/mol. The van der Waals surface area contributed by atoms with Gasteiger partial charge in [-0.3, -0.25) is 4.79 Å². The number of carbonyl (C=O) groups is 1. The lowest BCUT2D eigenvalue weighted by atomic mass is 9.85. The van der Waals surface area contributed by atoms with Crippen molar-refractivity contribution in [3.05, 3.63) is 0 Å². The fraction of sp³-hybridized carbons (Fsp3) is 0.923. The highest BCUT2D eigenvalue weighted by molar-refractivity contribution is 5.69. The zero-order chi connectivity index (χ0) is 11.8. The van der Waals surface area contributed by atoms with Gasteiger partial charge in [-0.25, -0.2) is 0 Å². The maximum atomic E-state index is 11.1. The molecule has 0 saturated carbocycles. The highest BCUT2D eigenvalue weighted by Crippen LogP contribution is 2.24.